The van der Waals surface area contributed by atoms with E-state index in [9.17, 15) is 9.59 Å². The molecule has 2 heterocycles. The molecule has 0 unspecified atom stereocenters. The first-order chi connectivity index (χ1) is 10.7. The number of nitrogens with zero attached hydrogens (tertiary/aromatic N) is 1. The molecule has 1 fully saturated rings. The van der Waals surface area contributed by atoms with Crippen molar-refractivity contribution in [2.45, 2.75) is 25.8 Å². The van der Waals surface area contributed by atoms with Crippen molar-refractivity contribution in [2.75, 3.05) is 31.6 Å². The van der Waals surface area contributed by atoms with Crippen LogP contribution in [0.4, 0.5) is 5.69 Å². The van der Waals surface area contributed by atoms with Gasteiger partial charge in [-0.1, -0.05) is 6.92 Å². The number of benzene rings is 1. The number of hydrogen-bond donors (Lipinski definition) is 2. The number of likely N-dealkylation sites (N-methyl/N-ethyl adjacent to an activating group) is 1. The molecular formula is C16H21N3O3. The van der Waals surface area contributed by atoms with Gasteiger partial charge >= 0.3 is 0 Å². The minimum Gasteiger partial charge on any atom is -0.482 e. The summed E-state index contributed by atoms with van der Waals surface area (Å²) in [5.74, 6) is 0.282. The van der Waals surface area contributed by atoms with E-state index in [0.717, 1.165) is 19.5 Å². The zero-order valence-corrected chi connectivity index (χ0v) is 12.7. The monoisotopic (exact) mass is 303 g/mol. The second kappa shape index (κ2) is 6.36. The molecule has 3 rings (SSSR count). The van der Waals surface area contributed by atoms with Crippen molar-refractivity contribution in [3.63, 3.8) is 0 Å². The normalized spacial score (nSPS) is 21.0. The summed E-state index contributed by atoms with van der Waals surface area (Å²) in [5, 5.41) is 5.71. The Balaban J connectivity index is 1.63. The van der Waals surface area contributed by atoms with E-state index in [1.165, 1.54) is 6.42 Å². The molecule has 1 atom stereocenters. The van der Waals surface area contributed by atoms with Crippen molar-refractivity contribution >= 4 is 17.5 Å². The highest BCUT2D eigenvalue weighted by Gasteiger charge is 2.24. The van der Waals surface area contributed by atoms with E-state index >= 15 is 0 Å². The lowest BCUT2D eigenvalue weighted by molar-refractivity contribution is -0.118. The molecule has 2 amide bonds. The second-order valence-electron chi connectivity index (χ2n) is 5.68. The fraction of sp³-hybridized carbons (Fsp3) is 0.500. The van der Waals surface area contributed by atoms with Crippen LogP contribution in [0.3, 0.4) is 0 Å². The number of ether oxygens (including phenoxy) is 1. The van der Waals surface area contributed by atoms with Crippen LogP contribution in [0.2, 0.25) is 0 Å². The standard InChI is InChI=1S/C16H21N3O3/c1-2-19-7-3-4-12(19)9-17-16(21)11-5-6-14-13(8-11)18-15(20)10-22-14/h5-6,8,12H,2-4,7,9-10H2,1H3,(H,17,21)(H,18,20)/t12-/m0/s1. The molecule has 1 aromatic carbocycles. The lowest BCUT2D eigenvalue weighted by atomic mass is 10.1. The van der Waals surface area contributed by atoms with Gasteiger partial charge in [0.05, 0.1) is 5.69 Å². The van der Waals surface area contributed by atoms with Gasteiger partial charge in [0.2, 0.25) is 0 Å². The molecule has 0 aromatic heterocycles. The molecule has 6 heteroatoms. The minimum absolute atomic E-state index is 0.0209. The fourth-order valence-corrected chi connectivity index (χ4v) is 3.08. The Morgan fingerprint density at radius 3 is 3.18 bits per heavy atom. The van der Waals surface area contributed by atoms with E-state index in [0.29, 0.717) is 29.6 Å². The summed E-state index contributed by atoms with van der Waals surface area (Å²) < 4.78 is 5.29. The highest BCUT2D eigenvalue weighted by Crippen LogP contribution is 2.28. The van der Waals surface area contributed by atoms with Crippen molar-refractivity contribution < 1.29 is 14.3 Å². The first-order valence-electron chi connectivity index (χ1n) is 7.76. The van der Waals surface area contributed by atoms with Gasteiger partial charge in [-0.3, -0.25) is 14.5 Å². The quantitative estimate of drug-likeness (QED) is 0.878. The lowest BCUT2D eigenvalue weighted by Crippen LogP contribution is -2.40. The van der Waals surface area contributed by atoms with Gasteiger partial charge in [0.25, 0.3) is 11.8 Å². The van der Waals surface area contributed by atoms with Crippen molar-refractivity contribution in [1.29, 1.82) is 0 Å². The smallest absolute Gasteiger partial charge is 0.262 e. The molecule has 0 bridgehead atoms. The Bertz CT molecular complexity index is 588. The van der Waals surface area contributed by atoms with Crippen LogP contribution in [-0.4, -0.2) is 49.0 Å². The zero-order valence-electron chi connectivity index (χ0n) is 12.7. The molecule has 2 aliphatic rings. The summed E-state index contributed by atoms with van der Waals surface area (Å²) >= 11 is 0. The van der Waals surface area contributed by atoms with Gasteiger partial charge < -0.3 is 15.4 Å². The Kier molecular flexibility index (Phi) is 4.29. The highest BCUT2D eigenvalue weighted by atomic mass is 16.5. The summed E-state index contributed by atoms with van der Waals surface area (Å²) in [4.78, 5) is 26.0. The number of fused-ring (bicyclic) bond motifs is 1. The third kappa shape index (κ3) is 3.06. The van der Waals surface area contributed by atoms with Gasteiger partial charge in [0, 0.05) is 18.2 Å². The molecular weight excluding hydrogens is 282 g/mol. The van der Waals surface area contributed by atoms with E-state index in [1.807, 2.05) is 0 Å². The van der Waals surface area contributed by atoms with Crippen LogP contribution in [-0.2, 0) is 4.79 Å². The molecule has 0 radical (unpaired) electrons. The number of nitrogens with one attached hydrogen (secondary N) is 2. The van der Waals surface area contributed by atoms with Gasteiger partial charge in [-0.15, -0.1) is 0 Å². The van der Waals surface area contributed by atoms with Crippen LogP contribution in [0.25, 0.3) is 0 Å². The summed E-state index contributed by atoms with van der Waals surface area (Å²) in [5.41, 5.74) is 1.09. The molecule has 2 aliphatic heterocycles. The maximum atomic E-state index is 12.3. The third-order valence-electron chi connectivity index (χ3n) is 4.28. The molecule has 1 saturated heterocycles. The SMILES string of the molecule is CCN1CCC[C@H]1CNC(=O)c1ccc2c(c1)NC(=O)CO2. The predicted molar refractivity (Wildman–Crippen MR) is 83.2 cm³/mol. The summed E-state index contributed by atoms with van der Waals surface area (Å²) in [6, 6.07) is 5.53. The number of amides is 2. The Morgan fingerprint density at radius 2 is 2.36 bits per heavy atom. The van der Waals surface area contributed by atoms with Crippen molar-refractivity contribution in [3.05, 3.63) is 23.8 Å². The molecule has 1 aromatic rings. The summed E-state index contributed by atoms with van der Waals surface area (Å²) in [6.07, 6.45) is 2.32. The van der Waals surface area contributed by atoms with Crippen LogP contribution < -0.4 is 15.4 Å². The van der Waals surface area contributed by atoms with E-state index in [1.54, 1.807) is 18.2 Å². The van der Waals surface area contributed by atoms with Gasteiger partial charge in [-0.25, -0.2) is 0 Å². The average molecular weight is 303 g/mol. The zero-order chi connectivity index (χ0) is 15.5. The van der Waals surface area contributed by atoms with Crippen LogP contribution in [0.15, 0.2) is 18.2 Å². The van der Waals surface area contributed by atoms with E-state index < -0.39 is 0 Å². The maximum absolute atomic E-state index is 12.3. The molecule has 0 spiro atoms. The summed E-state index contributed by atoms with van der Waals surface area (Å²) in [6.45, 7) is 4.95. The molecule has 0 saturated carbocycles. The van der Waals surface area contributed by atoms with Gasteiger partial charge in [-0.2, -0.15) is 0 Å². The van der Waals surface area contributed by atoms with Crippen molar-refractivity contribution in [1.82, 2.24) is 10.2 Å². The highest BCUT2D eigenvalue weighted by molar-refractivity contribution is 5.99. The largest absolute Gasteiger partial charge is 0.482 e. The van der Waals surface area contributed by atoms with Gasteiger partial charge in [0.15, 0.2) is 6.61 Å². The van der Waals surface area contributed by atoms with Crippen LogP contribution in [0.5, 0.6) is 5.75 Å². The molecule has 2 N–H and O–H groups in total. The first kappa shape index (κ1) is 14.8. The number of rotatable bonds is 4. The van der Waals surface area contributed by atoms with Crippen LogP contribution in [0, 0.1) is 0 Å². The first-order valence-corrected chi connectivity index (χ1v) is 7.76. The van der Waals surface area contributed by atoms with Crippen molar-refractivity contribution in [2.24, 2.45) is 0 Å². The summed E-state index contributed by atoms with van der Waals surface area (Å²) in [7, 11) is 0. The number of carbonyl (C=O) groups excluding carboxylic acids is 2. The number of likely N-dealkylation sites (tertiary alicyclic amines) is 1. The predicted octanol–water partition coefficient (Wildman–Crippen LogP) is 1.23. The molecule has 0 aliphatic carbocycles. The minimum atomic E-state index is -0.199. The van der Waals surface area contributed by atoms with E-state index in [4.69, 9.17) is 4.74 Å². The second-order valence-corrected chi connectivity index (χ2v) is 5.68. The molecule has 22 heavy (non-hydrogen) atoms. The van der Waals surface area contributed by atoms with Crippen molar-refractivity contribution in [3.8, 4) is 5.75 Å². The Labute approximate surface area is 129 Å². The number of anilines is 1. The maximum Gasteiger partial charge on any atom is 0.262 e. The van der Waals surface area contributed by atoms with E-state index in [-0.39, 0.29) is 18.4 Å². The van der Waals surface area contributed by atoms with Crippen LogP contribution in [0.1, 0.15) is 30.1 Å². The van der Waals surface area contributed by atoms with Crippen LogP contribution >= 0.6 is 0 Å². The Morgan fingerprint density at radius 1 is 1.50 bits per heavy atom. The molecule has 6 nitrogen and oxygen atoms in total. The topological polar surface area (TPSA) is 70.7 Å². The third-order valence-corrected chi connectivity index (χ3v) is 4.28. The van der Waals surface area contributed by atoms with Gasteiger partial charge in [0.1, 0.15) is 5.75 Å². The van der Waals surface area contributed by atoms with E-state index in [2.05, 4.69) is 22.5 Å². The lowest BCUT2D eigenvalue weighted by Gasteiger charge is -2.23. The fourth-order valence-electron chi connectivity index (χ4n) is 3.08. The average Bonchev–Trinajstić information content (AvgIpc) is 2.99. The number of carbonyl (C=O) groups is 2. The Hall–Kier alpha value is -2.08. The van der Waals surface area contributed by atoms with Gasteiger partial charge in [-0.05, 0) is 44.1 Å². The molecule has 118 valence electrons. The number of hydrogen-bond acceptors (Lipinski definition) is 4.